The predicted octanol–water partition coefficient (Wildman–Crippen LogP) is 10.7. The zero-order valence-corrected chi connectivity index (χ0v) is 36.4. The number of hydrogen-bond donors (Lipinski definition) is 1. The van der Waals surface area contributed by atoms with E-state index in [1.54, 1.807) is 4.90 Å². The average Bonchev–Trinajstić information content (AvgIpc) is 3.08. The standard InChI is InChI=1S/C23H36N2O2.C17H23NO3.C6H15N/c1-22(2,3)13-14-24-17-19-9-7-8-10-20(19)18-11-15-25(16-12-18)21(26)27-23(4,5)6;1-17(2,3)21-16(20)18-10-8-13(9-11-18)15-7-5-4-6-14(15)12-19;1-6(2,3)4-5-7/h7-10,17-18H,11-16H2,1-6H3;4-7,12-13H,8-11H2,1-3H3;4-5,7H2,1-3H3. The van der Waals surface area contributed by atoms with Gasteiger partial charge in [-0.1, -0.05) is 90.1 Å². The highest BCUT2D eigenvalue weighted by Crippen LogP contribution is 2.32. The number of benzene rings is 2. The summed E-state index contributed by atoms with van der Waals surface area (Å²) in [4.78, 5) is 43.7. The van der Waals surface area contributed by atoms with Gasteiger partial charge in [0.25, 0.3) is 0 Å². The van der Waals surface area contributed by atoms with Crippen LogP contribution in [0.15, 0.2) is 53.5 Å². The van der Waals surface area contributed by atoms with Gasteiger partial charge < -0.3 is 25.0 Å². The molecule has 9 nitrogen and oxygen atoms in total. The van der Waals surface area contributed by atoms with Gasteiger partial charge in [0.1, 0.15) is 17.5 Å². The fourth-order valence-electron chi connectivity index (χ4n) is 6.39. The van der Waals surface area contributed by atoms with E-state index in [9.17, 15) is 14.4 Å². The van der Waals surface area contributed by atoms with E-state index < -0.39 is 11.2 Å². The highest BCUT2D eigenvalue weighted by molar-refractivity contribution is 5.82. The SMILES string of the molecule is CC(C)(C)CCN.CC(C)(C)CCN=Cc1ccccc1C1CCN(C(=O)OC(C)(C)C)CC1.CC(C)(C)OC(=O)N1CCC(c2ccccc2C=O)CC1. The van der Waals surface area contributed by atoms with Crippen LogP contribution in [0.5, 0.6) is 0 Å². The van der Waals surface area contributed by atoms with Crippen LogP contribution in [0.1, 0.15) is 160 Å². The lowest BCUT2D eigenvalue weighted by molar-refractivity contribution is 0.0194. The summed E-state index contributed by atoms with van der Waals surface area (Å²) >= 11 is 0. The predicted molar refractivity (Wildman–Crippen MR) is 227 cm³/mol. The number of piperidine rings is 2. The van der Waals surface area contributed by atoms with E-state index in [-0.39, 0.29) is 12.2 Å². The van der Waals surface area contributed by atoms with E-state index in [4.69, 9.17) is 15.2 Å². The Kier molecular flexibility index (Phi) is 18.6. The molecule has 2 amide bonds. The van der Waals surface area contributed by atoms with Crippen molar-refractivity contribution in [3.8, 4) is 0 Å². The summed E-state index contributed by atoms with van der Waals surface area (Å²) in [6.07, 6.45) is 8.36. The molecule has 2 fully saturated rings. The topological polar surface area (TPSA) is 115 Å². The number of aliphatic imine (C=N–C) groups is 1. The van der Waals surface area contributed by atoms with Crippen LogP contribution in [0, 0.1) is 10.8 Å². The molecule has 2 aromatic carbocycles. The first-order valence-corrected chi connectivity index (χ1v) is 20.3. The molecular formula is C46H74N4O5. The number of ether oxygens (including phenoxy) is 2. The summed E-state index contributed by atoms with van der Waals surface area (Å²) in [7, 11) is 0. The largest absolute Gasteiger partial charge is 0.444 e. The van der Waals surface area contributed by atoms with Gasteiger partial charge in [-0.3, -0.25) is 9.79 Å². The van der Waals surface area contributed by atoms with Crippen LogP contribution in [0.25, 0.3) is 0 Å². The molecule has 0 bridgehead atoms. The van der Waals surface area contributed by atoms with Crippen molar-refractivity contribution in [2.75, 3.05) is 39.3 Å². The van der Waals surface area contributed by atoms with Crippen LogP contribution >= 0.6 is 0 Å². The zero-order chi connectivity index (χ0) is 41.5. The normalized spacial score (nSPS) is 16.1. The molecule has 0 aromatic heterocycles. The van der Waals surface area contributed by atoms with Gasteiger partial charge in [0.15, 0.2) is 0 Å². The van der Waals surface area contributed by atoms with Crippen LogP contribution in [0.2, 0.25) is 0 Å². The summed E-state index contributed by atoms with van der Waals surface area (Å²) in [5.74, 6) is 0.805. The fraction of sp³-hybridized carbons (Fsp3) is 0.652. The number of likely N-dealkylation sites (tertiary alicyclic amines) is 2. The van der Waals surface area contributed by atoms with Crippen molar-refractivity contribution in [1.29, 1.82) is 0 Å². The summed E-state index contributed by atoms with van der Waals surface area (Å²) in [5, 5.41) is 0. The minimum Gasteiger partial charge on any atom is -0.444 e. The van der Waals surface area contributed by atoms with Crippen molar-refractivity contribution >= 4 is 24.7 Å². The molecule has 0 aliphatic carbocycles. The third-order valence-electron chi connectivity index (χ3n) is 9.41. The van der Waals surface area contributed by atoms with Gasteiger partial charge in [-0.15, -0.1) is 0 Å². The second-order valence-corrected chi connectivity index (χ2v) is 19.3. The highest BCUT2D eigenvalue weighted by atomic mass is 16.6. The van der Waals surface area contributed by atoms with Crippen molar-refractivity contribution in [1.82, 2.24) is 9.80 Å². The molecule has 0 spiro atoms. The Morgan fingerprint density at radius 1 is 0.655 bits per heavy atom. The summed E-state index contributed by atoms with van der Waals surface area (Å²) < 4.78 is 10.9. The number of nitrogens with zero attached hydrogens (tertiary/aromatic N) is 3. The van der Waals surface area contributed by atoms with Crippen LogP contribution in [-0.4, -0.2) is 85.0 Å². The van der Waals surface area contributed by atoms with Crippen molar-refractivity contribution in [3.63, 3.8) is 0 Å². The van der Waals surface area contributed by atoms with E-state index >= 15 is 0 Å². The Hall–Kier alpha value is -3.72. The Morgan fingerprint density at radius 3 is 1.38 bits per heavy atom. The van der Waals surface area contributed by atoms with E-state index in [1.807, 2.05) is 76.9 Å². The summed E-state index contributed by atoms with van der Waals surface area (Å²) in [6.45, 7) is 29.2. The quantitative estimate of drug-likeness (QED) is 0.222. The van der Waals surface area contributed by atoms with Gasteiger partial charge in [-0.25, -0.2) is 9.59 Å². The van der Waals surface area contributed by atoms with Crippen LogP contribution in [0.4, 0.5) is 9.59 Å². The molecule has 308 valence electrons. The molecule has 2 aliphatic rings. The first-order valence-electron chi connectivity index (χ1n) is 20.3. The minimum absolute atomic E-state index is 0.196. The molecule has 0 radical (unpaired) electrons. The Balaban J connectivity index is 0.000000331. The Morgan fingerprint density at radius 2 is 1.04 bits per heavy atom. The molecule has 4 rings (SSSR count). The minimum atomic E-state index is -0.460. The number of amides is 2. The van der Waals surface area contributed by atoms with E-state index in [0.29, 0.717) is 35.8 Å². The first-order chi connectivity index (χ1) is 25.5. The molecule has 55 heavy (non-hydrogen) atoms. The van der Waals surface area contributed by atoms with Gasteiger partial charge in [0, 0.05) is 44.5 Å². The van der Waals surface area contributed by atoms with E-state index in [2.05, 4.69) is 70.8 Å². The van der Waals surface area contributed by atoms with Crippen LogP contribution in [0.3, 0.4) is 0 Å². The molecular weight excluding hydrogens is 689 g/mol. The van der Waals surface area contributed by atoms with Crippen molar-refractivity contribution in [3.05, 3.63) is 70.8 Å². The van der Waals surface area contributed by atoms with Gasteiger partial charge in [0.05, 0.1) is 0 Å². The van der Waals surface area contributed by atoms with Crippen LogP contribution < -0.4 is 5.73 Å². The third-order valence-corrected chi connectivity index (χ3v) is 9.41. The number of aldehydes is 1. The molecule has 0 atom stereocenters. The lowest BCUT2D eigenvalue weighted by Gasteiger charge is -2.34. The maximum Gasteiger partial charge on any atom is 0.410 e. The molecule has 2 heterocycles. The Labute approximate surface area is 333 Å². The lowest BCUT2D eigenvalue weighted by Crippen LogP contribution is -2.41. The molecule has 2 N–H and O–H groups in total. The Bertz CT molecular complexity index is 1490. The van der Waals surface area contributed by atoms with E-state index in [1.165, 1.54) is 11.1 Å². The zero-order valence-electron chi connectivity index (χ0n) is 36.4. The van der Waals surface area contributed by atoms with Gasteiger partial charge >= 0.3 is 12.2 Å². The average molecular weight is 763 g/mol. The summed E-state index contributed by atoms with van der Waals surface area (Å²) in [6, 6.07) is 16.2. The van der Waals surface area contributed by atoms with E-state index in [0.717, 1.165) is 82.1 Å². The van der Waals surface area contributed by atoms with Crippen molar-refractivity contribution in [2.45, 2.75) is 145 Å². The van der Waals surface area contributed by atoms with Crippen molar-refractivity contribution < 1.29 is 23.9 Å². The molecule has 9 heteroatoms. The van der Waals surface area contributed by atoms with Gasteiger partial charge in [-0.2, -0.15) is 0 Å². The number of hydrogen-bond acceptors (Lipinski definition) is 7. The van der Waals surface area contributed by atoms with Gasteiger partial charge in [0.2, 0.25) is 0 Å². The third kappa shape index (κ3) is 19.1. The number of rotatable bonds is 7. The molecule has 2 aliphatic heterocycles. The maximum atomic E-state index is 12.3. The summed E-state index contributed by atoms with van der Waals surface area (Å²) in [5.41, 5.74) is 9.56. The molecule has 2 aromatic rings. The van der Waals surface area contributed by atoms with Gasteiger partial charge in [-0.05, 0) is 126 Å². The molecule has 0 unspecified atom stereocenters. The monoisotopic (exact) mass is 763 g/mol. The molecule has 0 saturated carbocycles. The first kappa shape index (κ1) is 47.4. The fourth-order valence-corrected chi connectivity index (χ4v) is 6.39. The smallest absolute Gasteiger partial charge is 0.410 e. The second kappa shape index (κ2) is 21.5. The van der Waals surface area contributed by atoms with Crippen LogP contribution in [-0.2, 0) is 9.47 Å². The van der Waals surface area contributed by atoms with Crippen molar-refractivity contribution in [2.24, 2.45) is 21.6 Å². The lowest BCUT2D eigenvalue weighted by atomic mass is 9.87. The number of nitrogens with two attached hydrogens (primary N) is 1. The second-order valence-electron chi connectivity index (χ2n) is 19.3. The maximum absolute atomic E-state index is 12.3. The number of carbonyl (C=O) groups excluding carboxylic acids is 3. The molecule has 2 saturated heterocycles. The highest BCUT2D eigenvalue weighted by Gasteiger charge is 2.29. The number of carbonyl (C=O) groups is 3.